The van der Waals surface area contributed by atoms with Gasteiger partial charge < -0.3 is 4.74 Å². The zero-order valence-corrected chi connectivity index (χ0v) is 12.0. The predicted molar refractivity (Wildman–Crippen MR) is 73.5 cm³/mol. The number of hydrogen-bond donors (Lipinski definition) is 0. The zero-order chi connectivity index (χ0) is 12.0. The summed E-state index contributed by atoms with van der Waals surface area (Å²) >= 11 is 3.60. The standard InChI is InChI=1S/C14H21BrO/c1-4-14(5-2,10-15)11-16-13-8-6-7-12(3)9-13/h6-9H,4-5,10-11H2,1-3H3. The van der Waals surface area contributed by atoms with E-state index in [4.69, 9.17) is 4.74 Å². The molecule has 1 rings (SSSR count). The molecule has 0 fully saturated rings. The Balaban J connectivity index is 2.62. The molecule has 0 aliphatic rings. The minimum Gasteiger partial charge on any atom is -0.493 e. The Morgan fingerprint density at radius 3 is 2.44 bits per heavy atom. The number of ether oxygens (including phenoxy) is 1. The molecule has 0 saturated heterocycles. The Bertz CT molecular complexity index is 310. The summed E-state index contributed by atoms with van der Waals surface area (Å²) in [7, 11) is 0. The van der Waals surface area contributed by atoms with E-state index in [2.05, 4.69) is 48.8 Å². The second-order valence-corrected chi connectivity index (χ2v) is 5.01. The van der Waals surface area contributed by atoms with Crippen LogP contribution < -0.4 is 4.74 Å². The van der Waals surface area contributed by atoms with E-state index in [0.29, 0.717) is 0 Å². The first-order valence-corrected chi connectivity index (χ1v) is 7.03. The van der Waals surface area contributed by atoms with E-state index >= 15 is 0 Å². The molecule has 0 amide bonds. The van der Waals surface area contributed by atoms with Crippen LogP contribution in [0.3, 0.4) is 0 Å². The summed E-state index contributed by atoms with van der Waals surface area (Å²) in [5.74, 6) is 0.979. The van der Waals surface area contributed by atoms with Crippen molar-refractivity contribution in [2.75, 3.05) is 11.9 Å². The molecule has 0 N–H and O–H groups in total. The Hall–Kier alpha value is -0.500. The van der Waals surface area contributed by atoms with Crippen molar-refractivity contribution in [3.8, 4) is 5.75 Å². The number of alkyl halides is 1. The maximum Gasteiger partial charge on any atom is 0.119 e. The first-order chi connectivity index (χ1) is 7.65. The second-order valence-electron chi connectivity index (χ2n) is 4.45. The fraction of sp³-hybridized carbons (Fsp3) is 0.571. The predicted octanol–water partition coefficient (Wildman–Crippen LogP) is 4.58. The van der Waals surface area contributed by atoms with Gasteiger partial charge in [0.15, 0.2) is 0 Å². The van der Waals surface area contributed by atoms with E-state index in [0.717, 1.165) is 30.5 Å². The normalized spacial score (nSPS) is 11.5. The van der Waals surface area contributed by atoms with Gasteiger partial charge in [-0.05, 0) is 37.5 Å². The topological polar surface area (TPSA) is 9.23 Å². The van der Waals surface area contributed by atoms with Gasteiger partial charge in [-0.1, -0.05) is 41.9 Å². The lowest BCUT2D eigenvalue weighted by Gasteiger charge is -2.29. The summed E-state index contributed by atoms with van der Waals surface area (Å²) in [5, 5.41) is 0.999. The number of benzene rings is 1. The number of halogens is 1. The van der Waals surface area contributed by atoms with Crippen LogP contribution in [-0.2, 0) is 0 Å². The first-order valence-electron chi connectivity index (χ1n) is 5.91. The lowest BCUT2D eigenvalue weighted by molar-refractivity contribution is 0.158. The smallest absolute Gasteiger partial charge is 0.119 e. The second kappa shape index (κ2) is 6.29. The van der Waals surface area contributed by atoms with Gasteiger partial charge in [0, 0.05) is 10.7 Å². The van der Waals surface area contributed by atoms with Crippen molar-refractivity contribution in [1.29, 1.82) is 0 Å². The van der Waals surface area contributed by atoms with Crippen molar-refractivity contribution in [1.82, 2.24) is 0 Å². The van der Waals surface area contributed by atoms with Gasteiger partial charge in [0.05, 0.1) is 6.61 Å². The Kier molecular flexibility index (Phi) is 5.33. The van der Waals surface area contributed by atoms with Gasteiger partial charge in [0.25, 0.3) is 0 Å². The average molecular weight is 285 g/mol. The van der Waals surface area contributed by atoms with Crippen LogP contribution in [0.25, 0.3) is 0 Å². The largest absolute Gasteiger partial charge is 0.493 e. The molecule has 1 aromatic carbocycles. The average Bonchev–Trinajstić information content (AvgIpc) is 2.32. The molecule has 0 bridgehead atoms. The van der Waals surface area contributed by atoms with Gasteiger partial charge in [-0.15, -0.1) is 0 Å². The highest BCUT2D eigenvalue weighted by Crippen LogP contribution is 2.29. The highest BCUT2D eigenvalue weighted by Gasteiger charge is 2.25. The molecular weight excluding hydrogens is 264 g/mol. The molecule has 0 radical (unpaired) electrons. The summed E-state index contributed by atoms with van der Waals surface area (Å²) in [4.78, 5) is 0. The van der Waals surface area contributed by atoms with Gasteiger partial charge in [0.1, 0.15) is 5.75 Å². The SMILES string of the molecule is CCC(CC)(CBr)COc1cccc(C)c1. The third kappa shape index (κ3) is 3.51. The fourth-order valence-corrected chi connectivity index (χ4v) is 2.58. The molecule has 90 valence electrons. The molecule has 1 aromatic rings. The maximum absolute atomic E-state index is 5.90. The third-order valence-corrected chi connectivity index (χ3v) is 4.51. The summed E-state index contributed by atoms with van der Waals surface area (Å²) < 4.78 is 5.90. The number of hydrogen-bond acceptors (Lipinski definition) is 1. The monoisotopic (exact) mass is 284 g/mol. The van der Waals surface area contributed by atoms with Crippen molar-refractivity contribution < 1.29 is 4.74 Å². The molecular formula is C14H21BrO. The minimum absolute atomic E-state index is 0.268. The molecule has 0 atom stereocenters. The van der Waals surface area contributed by atoms with E-state index in [1.807, 2.05) is 12.1 Å². The highest BCUT2D eigenvalue weighted by atomic mass is 79.9. The number of aryl methyl sites for hydroxylation is 1. The lowest BCUT2D eigenvalue weighted by Crippen LogP contribution is -2.29. The van der Waals surface area contributed by atoms with Crippen LogP contribution in [0.4, 0.5) is 0 Å². The van der Waals surface area contributed by atoms with Crippen LogP contribution in [0.1, 0.15) is 32.3 Å². The van der Waals surface area contributed by atoms with Crippen LogP contribution in [0.2, 0.25) is 0 Å². The third-order valence-electron chi connectivity index (χ3n) is 3.32. The Morgan fingerprint density at radius 2 is 1.94 bits per heavy atom. The summed E-state index contributed by atoms with van der Waals surface area (Å²) in [6.45, 7) is 7.33. The Morgan fingerprint density at radius 1 is 1.25 bits per heavy atom. The van der Waals surface area contributed by atoms with Crippen LogP contribution in [0, 0.1) is 12.3 Å². The van der Waals surface area contributed by atoms with E-state index in [1.165, 1.54) is 5.56 Å². The molecule has 0 spiro atoms. The van der Waals surface area contributed by atoms with E-state index in [-0.39, 0.29) is 5.41 Å². The van der Waals surface area contributed by atoms with Gasteiger partial charge in [-0.2, -0.15) is 0 Å². The van der Waals surface area contributed by atoms with Crippen molar-refractivity contribution in [2.45, 2.75) is 33.6 Å². The molecule has 0 aliphatic heterocycles. The van der Waals surface area contributed by atoms with E-state index in [1.54, 1.807) is 0 Å². The summed E-state index contributed by atoms with van der Waals surface area (Å²) in [5.41, 5.74) is 1.51. The van der Waals surface area contributed by atoms with Crippen LogP contribution in [-0.4, -0.2) is 11.9 Å². The minimum atomic E-state index is 0.268. The van der Waals surface area contributed by atoms with E-state index < -0.39 is 0 Å². The molecule has 16 heavy (non-hydrogen) atoms. The maximum atomic E-state index is 5.90. The quantitative estimate of drug-likeness (QED) is 0.695. The van der Waals surface area contributed by atoms with E-state index in [9.17, 15) is 0 Å². The van der Waals surface area contributed by atoms with Crippen molar-refractivity contribution in [2.24, 2.45) is 5.41 Å². The molecule has 0 unspecified atom stereocenters. The molecule has 0 saturated carbocycles. The summed E-state index contributed by atoms with van der Waals surface area (Å²) in [6.07, 6.45) is 2.28. The molecule has 0 aliphatic carbocycles. The highest BCUT2D eigenvalue weighted by molar-refractivity contribution is 9.09. The Labute approximate surface area is 107 Å². The van der Waals surface area contributed by atoms with Crippen LogP contribution in [0.5, 0.6) is 5.75 Å². The van der Waals surface area contributed by atoms with Crippen molar-refractivity contribution in [3.05, 3.63) is 29.8 Å². The van der Waals surface area contributed by atoms with Crippen molar-refractivity contribution in [3.63, 3.8) is 0 Å². The molecule has 2 heteroatoms. The van der Waals surface area contributed by atoms with Gasteiger partial charge in [-0.3, -0.25) is 0 Å². The lowest BCUT2D eigenvalue weighted by atomic mass is 9.86. The fourth-order valence-electron chi connectivity index (χ4n) is 1.62. The molecule has 0 heterocycles. The van der Waals surface area contributed by atoms with Crippen LogP contribution >= 0.6 is 15.9 Å². The van der Waals surface area contributed by atoms with Crippen LogP contribution in [0.15, 0.2) is 24.3 Å². The van der Waals surface area contributed by atoms with Crippen molar-refractivity contribution >= 4 is 15.9 Å². The van der Waals surface area contributed by atoms with Gasteiger partial charge in [0.2, 0.25) is 0 Å². The number of rotatable bonds is 6. The first kappa shape index (κ1) is 13.6. The zero-order valence-electron chi connectivity index (χ0n) is 10.4. The summed E-state index contributed by atoms with van der Waals surface area (Å²) in [6, 6.07) is 8.24. The van der Waals surface area contributed by atoms with Gasteiger partial charge >= 0.3 is 0 Å². The molecule has 1 nitrogen and oxygen atoms in total. The van der Waals surface area contributed by atoms with Gasteiger partial charge in [-0.25, -0.2) is 0 Å². The molecule has 0 aromatic heterocycles.